The number of amides is 1. The number of aromatic amines is 1. The molecule has 1 amide bonds. The highest BCUT2D eigenvalue weighted by molar-refractivity contribution is 5.94. The van der Waals surface area contributed by atoms with E-state index in [0.29, 0.717) is 17.7 Å². The Morgan fingerprint density at radius 2 is 1.80 bits per heavy atom. The monoisotopic (exact) mass is 397 g/mol. The van der Waals surface area contributed by atoms with Gasteiger partial charge in [0.05, 0.1) is 6.54 Å². The summed E-state index contributed by atoms with van der Waals surface area (Å²) in [6, 6.07) is 19.0. The lowest BCUT2D eigenvalue weighted by molar-refractivity contribution is 0.0729. The molecule has 150 valence electrons. The van der Waals surface area contributed by atoms with E-state index in [-0.39, 0.29) is 18.0 Å². The minimum atomic E-state index is -0.181. The van der Waals surface area contributed by atoms with Crippen molar-refractivity contribution in [3.63, 3.8) is 0 Å². The van der Waals surface area contributed by atoms with Crippen molar-refractivity contribution in [2.24, 2.45) is 0 Å². The molecule has 0 radical (unpaired) electrons. The molecule has 0 aliphatic carbocycles. The number of benzene rings is 2. The predicted molar refractivity (Wildman–Crippen MR) is 118 cm³/mol. The quantitative estimate of drug-likeness (QED) is 0.543. The SMILES string of the molecule is Cc1cccc(C(=O)N(Cc2cccnc2)Cc2cc3cc(C)ccc3[nH]c2=O)c1. The van der Waals surface area contributed by atoms with Gasteiger partial charge in [0.1, 0.15) is 0 Å². The van der Waals surface area contributed by atoms with Crippen molar-refractivity contribution < 1.29 is 4.79 Å². The summed E-state index contributed by atoms with van der Waals surface area (Å²) in [5.74, 6) is -0.119. The Balaban J connectivity index is 1.72. The number of rotatable bonds is 5. The molecule has 0 fully saturated rings. The number of pyridine rings is 2. The second kappa shape index (κ2) is 8.33. The Labute approximate surface area is 175 Å². The number of carbonyl (C=O) groups excluding carboxylic acids is 1. The topological polar surface area (TPSA) is 66.1 Å². The van der Waals surface area contributed by atoms with Crippen LogP contribution in [0.5, 0.6) is 0 Å². The van der Waals surface area contributed by atoms with Gasteiger partial charge in [-0.2, -0.15) is 0 Å². The van der Waals surface area contributed by atoms with Crippen LogP contribution in [0.25, 0.3) is 10.9 Å². The normalized spacial score (nSPS) is 10.9. The lowest BCUT2D eigenvalue weighted by atomic mass is 10.1. The number of nitrogens with one attached hydrogen (secondary N) is 1. The Morgan fingerprint density at radius 3 is 2.57 bits per heavy atom. The molecule has 5 nitrogen and oxygen atoms in total. The summed E-state index contributed by atoms with van der Waals surface area (Å²) in [6.07, 6.45) is 3.44. The molecule has 2 heterocycles. The molecule has 0 saturated heterocycles. The smallest absolute Gasteiger partial charge is 0.254 e. The molecule has 2 aromatic carbocycles. The van der Waals surface area contributed by atoms with Crippen molar-refractivity contribution in [3.05, 3.63) is 111 Å². The Kier molecular flexibility index (Phi) is 5.44. The number of hydrogen-bond donors (Lipinski definition) is 1. The molecule has 0 bridgehead atoms. The van der Waals surface area contributed by atoms with Gasteiger partial charge in [-0.25, -0.2) is 0 Å². The highest BCUT2D eigenvalue weighted by Crippen LogP contribution is 2.17. The minimum absolute atomic E-state index is 0.119. The van der Waals surface area contributed by atoms with Gasteiger partial charge in [-0.15, -0.1) is 0 Å². The molecular formula is C25H23N3O2. The summed E-state index contributed by atoms with van der Waals surface area (Å²) in [7, 11) is 0. The second-order valence-electron chi connectivity index (χ2n) is 7.61. The maximum absolute atomic E-state index is 13.3. The zero-order chi connectivity index (χ0) is 21.1. The number of fused-ring (bicyclic) bond motifs is 1. The fourth-order valence-electron chi connectivity index (χ4n) is 3.57. The van der Waals surface area contributed by atoms with Crippen molar-refractivity contribution in [3.8, 4) is 0 Å². The van der Waals surface area contributed by atoms with E-state index in [2.05, 4.69) is 9.97 Å². The van der Waals surface area contributed by atoms with E-state index in [4.69, 9.17) is 0 Å². The van der Waals surface area contributed by atoms with Crippen LogP contribution >= 0.6 is 0 Å². The van der Waals surface area contributed by atoms with Gasteiger partial charge < -0.3 is 9.88 Å². The third-order valence-corrected chi connectivity index (χ3v) is 5.09. The molecule has 2 aromatic heterocycles. The van der Waals surface area contributed by atoms with Crippen molar-refractivity contribution in [1.29, 1.82) is 0 Å². The van der Waals surface area contributed by atoms with E-state index < -0.39 is 0 Å². The summed E-state index contributed by atoms with van der Waals surface area (Å²) in [5.41, 5.74) is 4.80. The number of carbonyl (C=O) groups is 1. The van der Waals surface area contributed by atoms with Crippen LogP contribution in [0.1, 0.15) is 32.6 Å². The van der Waals surface area contributed by atoms with Gasteiger partial charge in [0, 0.05) is 35.6 Å². The van der Waals surface area contributed by atoms with Gasteiger partial charge in [-0.05, 0) is 61.2 Å². The molecule has 0 spiro atoms. The molecule has 0 aliphatic rings. The van der Waals surface area contributed by atoms with Crippen LogP contribution in [0.2, 0.25) is 0 Å². The van der Waals surface area contributed by atoms with Crippen LogP contribution in [0.4, 0.5) is 0 Å². The van der Waals surface area contributed by atoms with E-state index in [1.807, 2.05) is 68.4 Å². The van der Waals surface area contributed by atoms with Crippen LogP contribution in [0, 0.1) is 13.8 Å². The van der Waals surface area contributed by atoms with Gasteiger partial charge in [-0.3, -0.25) is 14.6 Å². The van der Waals surface area contributed by atoms with E-state index in [0.717, 1.165) is 27.6 Å². The van der Waals surface area contributed by atoms with Gasteiger partial charge in [0.15, 0.2) is 0 Å². The average Bonchev–Trinajstić information content (AvgIpc) is 2.74. The van der Waals surface area contributed by atoms with E-state index >= 15 is 0 Å². The number of H-pyrrole nitrogens is 1. The average molecular weight is 397 g/mol. The molecule has 0 atom stereocenters. The Bertz CT molecular complexity index is 1260. The maximum Gasteiger partial charge on any atom is 0.254 e. The van der Waals surface area contributed by atoms with Crippen LogP contribution in [0.3, 0.4) is 0 Å². The summed E-state index contributed by atoms with van der Waals surface area (Å²) in [6.45, 7) is 4.55. The first-order chi connectivity index (χ1) is 14.5. The molecule has 1 N–H and O–H groups in total. The van der Waals surface area contributed by atoms with Crippen LogP contribution in [0.15, 0.2) is 77.9 Å². The molecule has 4 rings (SSSR count). The molecule has 0 saturated carbocycles. The third-order valence-electron chi connectivity index (χ3n) is 5.09. The predicted octanol–water partition coefficient (Wildman–Crippen LogP) is 4.38. The van der Waals surface area contributed by atoms with Crippen molar-refractivity contribution >= 4 is 16.8 Å². The first-order valence-electron chi connectivity index (χ1n) is 9.87. The molecule has 30 heavy (non-hydrogen) atoms. The first kappa shape index (κ1) is 19.6. The van der Waals surface area contributed by atoms with Gasteiger partial charge in [0.25, 0.3) is 11.5 Å². The Morgan fingerprint density at radius 1 is 0.967 bits per heavy atom. The number of hydrogen-bond acceptors (Lipinski definition) is 3. The maximum atomic E-state index is 13.3. The molecule has 4 aromatic rings. The van der Waals surface area contributed by atoms with Crippen molar-refractivity contribution in [1.82, 2.24) is 14.9 Å². The number of aryl methyl sites for hydroxylation is 2. The highest BCUT2D eigenvalue weighted by Gasteiger charge is 2.19. The molecule has 0 unspecified atom stereocenters. The third kappa shape index (κ3) is 4.30. The standard InChI is InChI=1S/C25H23N3O2/c1-17-5-3-7-20(11-17)25(30)28(15-19-6-4-10-26-14-19)16-22-13-21-12-18(2)8-9-23(21)27-24(22)29/h3-14H,15-16H2,1-2H3,(H,27,29). The number of aromatic nitrogens is 2. The minimum Gasteiger partial charge on any atom is -0.330 e. The van der Waals surface area contributed by atoms with Gasteiger partial charge in [-0.1, -0.05) is 35.4 Å². The molecular weight excluding hydrogens is 374 g/mol. The summed E-state index contributed by atoms with van der Waals surface area (Å²) < 4.78 is 0. The van der Waals surface area contributed by atoms with Gasteiger partial charge in [0.2, 0.25) is 0 Å². The molecule has 0 aliphatic heterocycles. The number of nitrogens with zero attached hydrogens (tertiary/aromatic N) is 2. The van der Waals surface area contributed by atoms with Crippen LogP contribution < -0.4 is 5.56 Å². The van der Waals surface area contributed by atoms with E-state index in [9.17, 15) is 9.59 Å². The van der Waals surface area contributed by atoms with E-state index in [1.54, 1.807) is 23.4 Å². The highest BCUT2D eigenvalue weighted by atomic mass is 16.2. The van der Waals surface area contributed by atoms with Crippen LogP contribution in [-0.4, -0.2) is 20.8 Å². The Hall–Kier alpha value is -3.73. The first-order valence-corrected chi connectivity index (χ1v) is 9.87. The largest absolute Gasteiger partial charge is 0.330 e. The van der Waals surface area contributed by atoms with E-state index in [1.165, 1.54) is 0 Å². The fraction of sp³-hybridized carbons (Fsp3) is 0.160. The van der Waals surface area contributed by atoms with Crippen LogP contribution in [-0.2, 0) is 13.1 Å². The fourth-order valence-corrected chi connectivity index (χ4v) is 3.57. The lowest BCUT2D eigenvalue weighted by Gasteiger charge is -2.23. The summed E-state index contributed by atoms with van der Waals surface area (Å²) >= 11 is 0. The van der Waals surface area contributed by atoms with Gasteiger partial charge >= 0.3 is 0 Å². The summed E-state index contributed by atoms with van der Waals surface area (Å²) in [4.78, 5) is 34.8. The zero-order valence-electron chi connectivity index (χ0n) is 17.1. The summed E-state index contributed by atoms with van der Waals surface area (Å²) in [5, 5.41) is 0.953. The zero-order valence-corrected chi connectivity index (χ0v) is 17.1. The van der Waals surface area contributed by atoms with Crippen molar-refractivity contribution in [2.75, 3.05) is 0 Å². The lowest BCUT2D eigenvalue weighted by Crippen LogP contribution is -2.32. The van der Waals surface area contributed by atoms with Crippen molar-refractivity contribution in [2.45, 2.75) is 26.9 Å². The second-order valence-corrected chi connectivity index (χ2v) is 7.61. The molecule has 5 heteroatoms.